The topological polar surface area (TPSA) is 0 Å². The Bertz CT molecular complexity index is 103. The molecule has 0 saturated carbocycles. The Hall–Kier alpha value is 0.350. The molecule has 0 rings (SSSR count). The van der Waals surface area contributed by atoms with E-state index in [1.165, 1.54) is 5.75 Å². The molecule has 0 aliphatic rings. The van der Waals surface area contributed by atoms with Gasteiger partial charge in [-0.1, -0.05) is 41.5 Å². The van der Waals surface area contributed by atoms with Gasteiger partial charge < -0.3 is 0 Å². The lowest BCUT2D eigenvalue weighted by molar-refractivity contribution is 0.291. The molecule has 0 atom stereocenters. The van der Waals surface area contributed by atoms with Gasteiger partial charge in [-0.05, 0) is 22.3 Å². The van der Waals surface area contributed by atoms with Gasteiger partial charge in [0, 0.05) is 0 Å². The number of thioether (sulfide) groups is 1. The Kier molecular flexibility index (Phi) is 4.53. The summed E-state index contributed by atoms with van der Waals surface area (Å²) in [6.45, 7) is 13.9. The van der Waals surface area contributed by atoms with Crippen molar-refractivity contribution in [2.75, 3.05) is 5.75 Å². The van der Waals surface area contributed by atoms with E-state index < -0.39 is 0 Å². The fourth-order valence-corrected chi connectivity index (χ4v) is 1.64. The van der Waals surface area contributed by atoms with E-state index in [1.807, 2.05) is 0 Å². The van der Waals surface area contributed by atoms with Gasteiger partial charge in [0.1, 0.15) is 0 Å². The number of rotatable bonds is 4. The molecule has 0 fully saturated rings. The average Bonchev–Trinajstić information content (AvgIpc) is 1.84. The highest BCUT2D eigenvalue weighted by Crippen LogP contribution is 2.31. The van der Waals surface area contributed by atoms with Crippen molar-refractivity contribution in [2.45, 2.75) is 46.8 Å². The lowest BCUT2D eigenvalue weighted by Crippen LogP contribution is -2.22. The van der Waals surface area contributed by atoms with Crippen LogP contribution in [0.25, 0.3) is 0 Å². The van der Waals surface area contributed by atoms with Crippen molar-refractivity contribution in [3.63, 3.8) is 0 Å². The maximum Gasteiger partial charge on any atom is -0.000948 e. The molecule has 0 bridgehead atoms. The molecule has 0 saturated heterocycles. The highest BCUT2D eigenvalue weighted by atomic mass is 32.2. The highest BCUT2D eigenvalue weighted by molar-refractivity contribution is 7.99. The van der Waals surface area contributed by atoms with Gasteiger partial charge in [0.25, 0.3) is 0 Å². The smallest absolute Gasteiger partial charge is 0.000948 e. The summed E-state index contributed by atoms with van der Waals surface area (Å²) in [5.41, 5.74) is 0.495. The van der Waals surface area contributed by atoms with Gasteiger partial charge in [-0.3, -0.25) is 0 Å². The molecule has 0 nitrogen and oxygen atoms in total. The fourth-order valence-electron chi connectivity index (χ4n) is 0.548. The maximum atomic E-state index is 2.35. The first-order valence-electron chi connectivity index (χ1n) is 4.48. The van der Waals surface area contributed by atoms with Gasteiger partial charge in [0.05, 0.1) is 0 Å². The molecular weight excluding hydrogens is 152 g/mol. The van der Waals surface area contributed by atoms with E-state index in [9.17, 15) is 0 Å². The molecule has 0 aromatic heterocycles. The minimum absolute atomic E-state index is 0.495. The summed E-state index contributed by atoms with van der Waals surface area (Å²) in [5, 5.41) is 0.771. The Morgan fingerprint density at radius 3 is 1.82 bits per heavy atom. The second-order valence-corrected chi connectivity index (χ2v) is 6.07. The second-order valence-electron chi connectivity index (χ2n) is 4.50. The van der Waals surface area contributed by atoms with Crippen LogP contribution < -0.4 is 0 Å². The van der Waals surface area contributed by atoms with E-state index in [0.29, 0.717) is 5.41 Å². The van der Waals surface area contributed by atoms with Crippen molar-refractivity contribution in [1.29, 1.82) is 0 Å². The summed E-state index contributed by atoms with van der Waals surface area (Å²) in [7, 11) is 0. The summed E-state index contributed by atoms with van der Waals surface area (Å²) in [5.74, 6) is 2.07. The van der Waals surface area contributed by atoms with Crippen molar-refractivity contribution < 1.29 is 0 Å². The first kappa shape index (κ1) is 11.4. The lowest BCUT2D eigenvalue weighted by atomic mass is 9.83. The third-order valence-corrected chi connectivity index (χ3v) is 3.93. The minimum Gasteiger partial charge on any atom is -0.159 e. The quantitative estimate of drug-likeness (QED) is 0.624. The standard InChI is InChI=1S/C10H22S/c1-8(2)10(5,6)7-11-9(3)4/h8-9H,7H2,1-6H3. The van der Waals surface area contributed by atoms with E-state index in [0.717, 1.165) is 11.2 Å². The summed E-state index contributed by atoms with van der Waals surface area (Å²) < 4.78 is 0. The van der Waals surface area contributed by atoms with E-state index in [1.54, 1.807) is 0 Å². The predicted molar refractivity (Wildman–Crippen MR) is 56.2 cm³/mol. The van der Waals surface area contributed by atoms with Crippen LogP contribution in [0.4, 0.5) is 0 Å². The first-order chi connectivity index (χ1) is 4.86. The maximum absolute atomic E-state index is 2.35. The van der Waals surface area contributed by atoms with Crippen molar-refractivity contribution in [3.05, 3.63) is 0 Å². The third-order valence-electron chi connectivity index (χ3n) is 2.35. The third kappa shape index (κ3) is 4.73. The van der Waals surface area contributed by atoms with Crippen LogP contribution in [0.15, 0.2) is 0 Å². The van der Waals surface area contributed by atoms with Crippen LogP contribution in [0, 0.1) is 11.3 Å². The molecule has 0 spiro atoms. The molecule has 0 aromatic rings. The Labute approximate surface area is 76.1 Å². The Balaban J connectivity index is 3.73. The summed E-state index contributed by atoms with van der Waals surface area (Å²) in [6.07, 6.45) is 0. The zero-order valence-corrected chi connectivity index (χ0v) is 9.59. The van der Waals surface area contributed by atoms with Gasteiger partial charge in [0.15, 0.2) is 0 Å². The molecule has 0 unspecified atom stereocenters. The normalized spacial score (nSPS) is 13.1. The minimum atomic E-state index is 0.495. The fraction of sp³-hybridized carbons (Fsp3) is 1.00. The highest BCUT2D eigenvalue weighted by Gasteiger charge is 2.22. The molecule has 11 heavy (non-hydrogen) atoms. The van der Waals surface area contributed by atoms with Crippen LogP contribution in [0.3, 0.4) is 0 Å². The van der Waals surface area contributed by atoms with Crippen LogP contribution in [0.5, 0.6) is 0 Å². The first-order valence-corrected chi connectivity index (χ1v) is 5.52. The average molecular weight is 174 g/mol. The molecule has 0 radical (unpaired) electrons. The van der Waals surface area contributed by atoms with Crippen LogP contribution in [0.1, 0.15) is 41.5 Å². The monoisotopic (exact) mass is 174 g/mol. The van der Waals surface area contributed by atoms with E-state index in [2.05, 4.69) is 53.3 Å². The van der Waals surface area contributed by atoms with Crippen LogP contribution in [0.2, 0.25) is 0 Å². The SMILES string of the molecule is CC(C)SCC(C)(C)C(C)C. The molecule has 0 amide bonds. The molecule has 68 valence electrons. The molecule has 0 heterocycles. The van der Waals surface area contributed by atoms with E-state index >= 15 is 0 Å². The molecule has 1 heteroatoms. The van der Waals surface area contributed by atoms with Gasteiger partial charge in [-0.15, -0.1) is 0 Å². The Morgan fingerprint density at radius 1 is 1.09 bits per heavy atom. The molecule has 0 aromatic carbocycles. The van der Waals surface area contributed by atoms with Gasteiger partial charge in [0.2, 0.25) is 0 Å². The van der Waals surface area contributed by atoms with Crippen molar-refractivity contribution in [2.24, 2.45) is 11.3 Å². The van der Waals surface area contributed by atoms with E-state index in [4.69, 9.17) is 0 Å². The van der Waals surface area contributed by atoms with E-state index in [-0.39, 0.29) is 0 Å². The molecule has 0 aliphatic carbocycles. The molecule has 0 N–H and O–H groups in total. The molecule has 0 aliphatic heterocycles. The zero-order chi connectivity index (χ0) is 9.07. The number of hydrogen-bond donors (Lipinski definition) is 0. The second kappa shape index (κ2) is 4.39. The van der Waals surface area contributed by atoms with Crippen LogP contribution >= 0.6 is 11.8 Å². The largest absolute Gasteiger partial charge is 0.159 e. The lowest BCUT2D eigenvalue weighted by Gasteiger charge is -2.29. The van der Waals surface area contributed by atoms with Gasteiger partial charge >= 0.3 is 0 Å². The Morgan fingerprint density at radius 2 is 1.55 bits per heavy atom. The predicted octanol–water partition coefficient (Wildman–Crippen LogP) is 3.81. The van der Waals surface area contributed by atoms with Crippen molar-refractivity contribution >= 4 is 11.8 Å². The summed E-state index contributed by atoms with van der Waals surface area (Å²) in [6, 6.07) is 0. The zero-order valence-electron chi connectivity index (χ0n) is 8.77. The summed E-state index contributed by atoms with van der Waals surface area (Å²) in [4.78, 5) is 0. The number of hydrogen-bond acceptors (Lipinski definition) is 1. The molecular formula is C10H22S. The van der Waals surface area contributed by atoms with Gasteiger partial charge in [-0.2, -0.15) is 11.8 Å². The van der Waals surface area contributed by atoms with Gasteiger partial charge in [-0.25, -0.2) is 0 Å². The van der Waals surface area contributed by atoms with Crippen LogP contribution in [-0.4, -0.2) is 11.0 Å². The summed E-state index contributed by atoms with van der Waals surface area (Å²) >= 11 is 2.07. The van der Waals surface area contributed by atoms with Crippen molar-refractivity contribution in [1.82, 2.24) is 0 Å². The van der Waals surface area contributed by atoms with Crippen LogP contribution in [-0.2, 0) is 0 Å². The van der Waals surface area contributed by atoms with Crippen molar-refractivity contribution in [3.8, 4) is 0 Å².